The summed E-state index contributed by atoms with van der Waals surface area (Å²) in [6.45, 7) is 2.73. The molecule has 5 nitrogen and oxygen atoms in total. The van der Waals surface area contributed by atoms with E-state index in [0.29, 0.717) is 36.4 Å². The van der Waals surface area contributed by atoms with Gasteiger partial charge < -0.3 is 5.32 Å². The van der Waals surface area contributed by atoms with Crippen molar-refractivity contribution in [2.24, 2.45) is 0 Å². The van der Waals surface area contributed by atoms with Crippen molar-refractivity contribution in [3.63, 3.8) is 0 Å². The van der Waals surface area contributed by atoms with Crippen molar-refractivity contribution < 1.29 is 17.6 Å². The van der Waals surface area contributed by atoms with Gasteiger partial charge in [-0.2, -0.15) is 4.31 Å². The third kappa shape index (κ3) is 4.54. The Bertz CT molecular complexity index is 888. The maximum atomic E-state index is 13.0. The first-order valence-corrected chi connectivity index (χ1v) is 10.5. The van der Waals surface area contributed by atoms with Gasteiger partial charge >= 0.3 is 0 Å². The third-order valence-corrected chi connectivity index (χ3v) is 6.78. The standard InChI is InChI=1S/C20H23FN2O3S/c1-2-15-3-9-19(10-4-15)27(25,26)23-13-11-18(12-14-23)22-20(24)16-5-7-17(21)8-6-16/h3-10,18H,2,11-14H2,1H3,(H,22,24). The molecule has 0 bridgehead atoms. The molecule has 1 heterocycles. The fourth-order valence-electron chi connectivity index (χ4n) is 3.16. The summed E-state index contributed by atoms with van der Waals surface area (Å²) in [4.78, 5) is 12.5. The zero-order valence-corrected chi connectivity index (χ0v) is 16.0. The molecule has 1 aliphatic rings. The molecule has 0 spiro atoms. The number of carbonyl (C=O) groups excluding carboxylic acids is 1. The Balaban J connectivity index is 1.59. The fraction of sp³-hybridized carbons (Fsp3) is 0.350. The number of nitrogens with one attached hydrogen (secondary N) is 1. The first-order valence-electron chi connectivity index (χ1n) is 9.05. The molecule has 1 fully saturated rings. The predicted molar refractivity (Wildman–Crippen MR) is 101 cm³/mol. The number of carbonyl (C=O) groups is 1. The van der Waals surface area contributed by atoms with Crippen LogP contribution in [-0.2, 0) is 16.4 Å². The van der Waals surface area contributed by atoms with E-state index >= 15 is 0 Å². The Morgan fingerprint density at radius 1 is 1.07 bits per heavy atom. The van der Waals surface area contributed by atoms with E-state index in [1.54, 1.807) is 12.1 Å². The molecule has 2 aromatic carbocycles. The average molecular weight is 390 g/mol. The monoisotopic (exact) mass is 390 g/mol. The van der Waals surface area contributed by atoms with Crippen LogP contribution in [0.3, 0.4) is 0 Å². The van der Waals surface area contributed by atoms with Crippen LogP contribution >= 0.6 is 0 Å². The van der Waals surface area contributed by atoms with E-state index < -0.39 is 15.8 Å². The maximum absolute atomic E-state index is 13.0. The first-order chi connectivity index (χ1) is 12.9. The normalized spacial score (nSPS) is 16.2. The van der Waals surface area contributed by atoms with E-state index in [1.807, 2.05) is 19.1 Å². The SMILES string of the molecule is CCc1ccc(S(=O)(=O)N2CCC(NC(=O)c3ccc(F)cc3)CC2)cc1. The van der Waals surface area contributed by atoms with E-state index in [-0.39, 0.29) is 11.9 Å². The maximum Gasteiger partial charge on any atom is 0.251 e. The van der Waals surface area contributed by atoms with Gasteiger partial charge in [-0.1, -0.05) is 19.1 Å². The van der Waals surface area contributed by atoms with Crippen LogP contribution in [0.1, 0.15) is 35.7 Å². The zero-order valence-electron chi connectivity index (χ0n) is 15.2. The number of amides is 1. The molecule has 7 heteroatoms. The summed E-state index contributed by atoms with van der Waals surface area (Å²) in [6.07, 6.45) is 1.94. The van der Waals surface area contributed by atoms with E-state index in [1.165, 1.54) is 28.6 Å². The number of hydrogen-bond acceptors (Lipinski definition) is 3. The first kappa shape index (κ1) is 19.5. The predicted octanol–water partition coefficient (Wildman–Crippen LogP) is 2.97. The molecule has 1 amide bonds. The van der Waals surface area contributed by atoms with Crippen LogP contribution in [0.5, 0.6) is 0 Å². The molecule has 3 rings (SSSR count). The van der Waals surface area contributed by atoms with Crippen molar-refractivity contribution in [3.8, 4) is 0 Å². The largest absolute Gasteiger partial charge is 0.349 e. The summed E-state index contributed by atoms with van der Waals surface area (Å²) in [7, 11) is -3.52. The number of rotatable bonds is 5. The highest BCUT2D eigenvalue weighted by molar-refractivity contribution is 7.89. The van der Waals surface area contributed by atoms with Gasteiger partial charge in [0.2, 0.25) is 10.0 Å². The third-order valence-electron chi connectivity index (χ3n) is 4.86. The van der Waals surface area contributed by atoms with Gasteiger partial charge in [0.25, 0.3) is 5.91 Å². The van der Waals surface area contributed by atoms with Gasteiger partial charge in [0.05, 0.1) is 4.90 Å². The molecule has 0 radical (unpaired) electrons. The van der Waals surface area contributed by atoms with Crippen molar-refractivity contribution in [2.45, 2.75) is 37.1 Å². The summed E-state index contributed by atoms with van der Waals surface area (Å²) in [5.41, 5.74) is 1.48. The smallest absolute Gasteiger partial charge is 0.251 e. The molecule has 1 N–H and O–H groups in total. The molecular formula is C20H23FN2O3S. The lowest BCUT2D eigenvalue weighted by Gasteiger charge is -2.31. The second-order valence-electron chi connectivity index (χ2n) is 6.66. The molecule has 0 aromatic heterocycles. The van der Waals surface area contributed by atoms with Crippen molar-refractivity contribution in [3.05, 3.63) is 65.5 Å². The molecule has 144 valence electrons. The number of hydrogen-bond donors (Lipinski definition) is 1. The van der Waals surface area contributed by atoms with Crippen LogP contribution in [0.15, 0.2) is 53.4 Å². The highest BCUT2D eigenvalue weighted by Crippen LogP contribution is 2.21. The van der Waals surface area contributed by atoms with E-state index in [4.69, 9.17) is 0 Å². The van der Waals surface area contributed by atoms with Crippen LogP contribution in [-0.4, -0.2) is 37.8 Å². The van der Waals surface area contributed by atoms with Gasteiger partial charge in [-0.05, 0) is 61.2 Å². The molecule has 0 saturated carbocycles. The van der Waals surface area contributed by atoms with Crippen molar-refractivity contribution in [2.75, 3.05) is 13.1 Å². The Morgan fingerprint density at radius 2 is 1.67 bits per heavy atom. The van der Waals surface area contributed by atoms with Gasteiger partial charge in [-0.25, -0.2) is 12.8 Å². The fourth-order valence-corrected chi connectivity index (χ4v) is 4.63. The van der Waals surface area contributed by atoms with Crippen molar-refractivity contribution in [1.82, 2.24) is 9.62 Å². The Morgan fingerprint density at radius 3 is 2.22 bits per heavy atom. The van der Waals surface area contributed by atoms with E-state index in [9.17, 15) is 17.6 Å². The van der Waals surface area contributed by atoms with Gasteiger partial charge in [-0.15, -0.1) is 0 Å². The summed E-state index contributed by atoms with van der Waals surface area (Å²) >= 11 is 0. The molecule has 1 aliphatic heterocycles. The van der Waals surface area contributed by atoms with Crippen LogP contribution < -0.4 is 5.32 Å². The molecule has 0 aliphatic carbocycles. The Kier molecular flexibility index (Phi) is 5.92. The summed E-state index contributed by atoms with van der Waals surface area (Å²) < 4.78 is 40.0. The van der Waals surface area contributed by atoms with Gasteiger partial charge in [0.1, 0.15) is 5.82 Å². The summed E-state index contributed by atoms with van der Waals surface area (Å²) in [5, 5.41) is 2.90. The number of benzene rings is 2. The van der Waals surface area contributed by atoms with Crippen molar-refractivity contribution in [1.29, 1.82) is 0 Å². The lowest BCUT2D eigenvalue weighted by Crippen LogP contribution is -2.46. The lowest BCUT2D eigenvalue weighted by molar-refractivity contribution is 0.0924. The Labute approximate surface area is 159 Å². The minimum Gasteiger partial charge on any atom is -0.349 e. The molecule has 1 saturated heterocycles. The summed E-state index contributed by atoms with van der Waals surface area (Å²) in [5.74, 6) is -0.663. The quantitative estimate of drug-likeness (QED) is 0.854. The van der Waals surface area contributed by atoms with E-state index in [2.05, 4.69) is 5.32 Å². The van der Waals surface area contributed by atoms with Crippen molar-refractivity contribution >= 4 is 15.9 Å². The molecule has 0 atom stereocenters. The number of halogens is 1. The van der Waals surface area contributed by atoms with E-state index in [0.717, 1.165) is 12.0 Å². The molecule has 2 aromatic rings. The van der Waals surface area contributed by atoms with Gasteiger partial charge in [-0.3, -0.25) is 4.79 Å². The summed E-state index contributed by atoms with van der Waals surface area (Å²) in [6, 6.07) is 12.2. The number of sulfonamides is 1. The Hall–Kier alpha value is -2.25. The average Bonchev–Trinajstić information content (AvgIpc) is 2.69. The zero-order chi connectivity index (χ0) is 19.4. The van der Waals surface area contributed by atoms with Crippen LogP contribution in [0.2, 0.25) is 0 Å². The van der Waals surface area contributed by atoms with Gasteiger partial charge in [0, 0.05) is 24.7 Å². The number of aryl methyl sites for hydroxylation is 1. The lowest BCUT2D eigenvalue weighted by atomic mass is 10.1. The second kappa shape index (κ2) is 8.19. The number of nitrogens with zero attached hydrogens (tertiary/aromatic N) is 1. The highest BCUT2D eigenvalue weighted by atomic mass is 32.2. The molecule has 0 unspecified atom stereocenters. The molecule has 27 heavy (non-hydrogen) atoms. The highest BCUT2D eigenvalue weighted by Gasteiger charge is 2.30. The van der Waals surface area contributed by atoms with Crippen LogP contribution in [0, 0.1) is 5.82 Å². The minimum atomic E-state index is -3.52. The topological polar surface area (TPSA) is 66.5 Å². The van der Waals surface area contributed by atoms with Gasteiger partial charge in [0.15, 0.2) is 0 Å². The number of piperidine rings is 1. The van der Waals surface area contributed by atoms with Crippen LogP contribution in [0.25, 0.3) is 0 Å². The van der Waals surface area contributed by atoms with Crippen LogP contribution in [0.4, 0.5) is 4.39 Å². The molecular weight excluding hydrogens is 367 g/mol. The second-order valence-corrected chi connectivity index (χ2v) is 8.59. The minimum absolute atomic E-state index is 0.100.